The molecule has 0 aromatic heterocycles. The topological polar surface area (TPSA) is 18.8 Å². The molecular formula is C8H13N3. The molecule has 0 spiro atoms. The van der Waals surface area contributed by atoms with Crippen LogP contribution in [0.2, 0.25) is 0 Å². The van der Waals surface area contributed by atoms with E-state index in [1.165, 1.54) is 0 Å². The lowest BCUT2D eigenvalue weighted by molar-refractivity contribution is 0.366. The molecule has 0 unspecified atom stereocenters. The van der Waals surface area contributed by atoms with Gasteiger partial charge in [-0.1, -0.05) is 6.58 Å². The summed E-state index contributed by atoms with van der Waals surface area (Å²) in [6.45, 7) is 4.77. The van der Waals surface area contributed by atoms with Crippen molar-refractivity contribution >= 4 is 6.34 Å². The Morgan fingerprint density at radius 3 is 3.00 bits per heavy atom. The minimum absolute atomic E-state index is 0.862. The first kappa shape index (κ1) is 7.85. The molecule has 60 valence electrons. The maximum Gasteiger partial charge on any atom is 0.101 e. The van der Waals surface area contributed by atoms with Crippen LogP contribution in [-0.2, 0) is 0 Å². The second-order valence-electron chi connectivity index (χ2n) is 2.56. The maximum absolute atomic E-state index is 4.03. The molecule has 1 aliphatic rings. The third-order valence-corrected chi connectivity index (χ3v) is 1.66. The molecule has 0 saturated carbocycles. The Hall–Kier alpha value is -1.25. The molecule has 0 atom stereocenters. The highest BCUT2D eigenvalue weighted by molar-refractivity contribution is 5.58. The SMILES string of the molecule is C=C1N(C)/C=N\C=C/CN1C. The van der Waals surface area contributed by atoms with Gasteiger partial charge in [0, 0.05) is 26.8 Å². The van der Waals surface area contributed by atoms with Crippen molar-refractivity contribution in [3.8, 4) is 0 Å². The van der Waals surface area contributed by atoms with E-state index < -0.39 is 0 Å². The average molecular weight is 151 g/mol. The zero-order valence-corrected chi connectivity index (χ0v) is 6.99. The smallest absolute Gasteiger partial charge is 0.101 e. The zero-order chi connectivity index (χ0) is 8.27. The van der Waals surface area contributed by atoms with Crippen molar-refractivity contribution in [1.29, 1.82) is 0 Å². The third kappa shape index (κ3) is 1.83. The largest absolute Gasteiger partial charge is 0.358 e. The molecule has 0 bridgehead atoms. The van der Waals surface area contributed by atoms with Gasteiger partial charge in [0.15, 0.2) is 0 Å². The van der Waals surface area contributed by atoms with E-state index in [-0.39, 0.29) is 0 Å². The molecule has 3 nitrogen and oxygen atoms in total. The van der Waals surface area contributed by atoms with Crippen LogP contribution in [0.1, 0.15) is 0 Å². The van der Waals surface area contributed by atoms with E-state index >= 15 is 0 Å². The molecule has 11 heavy (non-hydrogen) atoms. The van der Waals surface area contributed by atoms with E-state index in [2.05, 4.69) is 16.5 Å². The van der Waals surface area contributed by atoms with Gasteiger partial charge in [0.1, 0.15) is 5.82 Å². The van der Waals surface area contributed by atoms with Crippen LogP contribution >= 0.6 is 0 Å². The van der Waals surface area contributed by atoms with Crippen molar-refractivity contribution in [1.82, 2.24) is 9.80 Å². The number of aliphatic imine (C=N–C) groups is 1. The first-order valence-electron chi connectivity index (χ1n) is 3.53. The average Bonchev–Trinajstić information content (AvgIpc) is 2.00. The lowest BCUT2D eigenvalue weighted by atomic mass is 10.5. The van der Waals surface area contributed by atoms with Gasteiger partial charge in [0.2, 0.25) is 0 Å². The summed E-state index contributed by atoms with van der Waals surface area (Å²) in [5.74, 6) is 0.957. The van der Waals surface area contributed by atoms with Gasteiger partial charge in [-0.15, -0.1) is 0 Å². The fraction of sp³-hybridized carbons (Fsp3) is 0.375. The predicted octanol–water partition coefficient (Wildman–Crippen LogP) is 0.877. The Balaban J connectivity index is 2.75. The highest BCUT2D eigenvalue weighted by Gasteiger charge is 2.04. The van der Waals surface area contributed by atoms with E-state index in [9.17, 15) is 0 Å². The van der Waals surface area contributed by atoms with Crippen LogP contribution in [0.5, 0.6) is 0 Å². The van der Waals surface area contributed by atoms with Gasteiger partial charge in [-0.3, -0.25) is 0 Å². The van der Waals surface area contributed by atoms with Gasteiger partial charge in [-0.25, -0.2) is 4.99 Å². The van der Waals surface area contributed by atoms with Crippen molar-refractivity contribution in [2.75, 3.05) is 20.6 Å². The van der Waals surface area contributed by atoms with Gasteiger partial charge in [-0.2, -0.15) is 0 Å². The number of hydrogen-bond donors (Lipinski definition) is 0. The minimum Gasteiger partial charge on any atom is -0.358 e. The van der Waals surface area contributed by atoms with Crippen molar-refractivity contribution in [3.63, 3.8) is 0 Å². The molecule has 0 saturated heterocycles. The Morgan fingerprint density at radius 1 is 1.55 bits per heavy atom. The first-order chi connectivity index (χ1) is 5.22. The van der Waals surface area contributed by atoms with Crippen LogP contribution in [0.3, 0.4) is 0 Å². The Labute approximate surface area is 67.3 Å². The van der Waals surface area contributed by atoms with E-state index in [1.807, 2.05) is 25.1 Å². The van der Waals surface area contributed by atoms with E-state index in [1.54, 1.807) is 12.5 Å². The predicted molar refractivity (Wildman–Crippen MR) is 47.2 cm³/mol. The summed E-state index contributed by atoms with van der Waals surface area (Å²) >= 11 is 0. The lowest BCUT2D eigenvalue weighted by Crippen LogP contribution is -2.29. The molecule has 0 aromatic rings. The normalized spacial score (nSPS) is 24.4. The molecule has 0 amide bonds. The Morgan fingerprint density at radius 2 is 2.27 bits per heavy atom. The lowest BCUT2D eigenvalue weighted by Gasteiger charge is -2.26. The highest BCUT2D eigenvalue weighted by Crippen LogP contribution is 2.03. The van der Waals surface area contributed by atoms with Crippen LogP contribution in [0, 0.1) is 0 Å². The second-order valence-corrected chi connectivity index (χ2v) is 2.56. The van der Waals surface area contributed by atoms with E-state index in [0.29, 0.717) is 0 Å². The third-order valence-electron chi connectivity index (χ3n) is 1.66. The van der Waals surface area contributed by atoms with Crippen molar-refractivity contribution in [3.05, 3.63) is 24.7 Å². The molecular weight excluding hydrogens is 138 g/mol. The van der Waals surface area contributed by atoms with Gasteiger partial charge in [0.25, 0.3) is 0 Å². The van der Waals surface area contributed by atoms with Gasteiger partial charge in [-0.05, 0) is 6.08 Å². The first-order valence-corrected chi connectivity index (χ1v) is 3.53. The molecule has 0 fully saturated rings. The van der Waals surface area contributed by atoms with Crippen molar-refractivity contribution < 1.29 is 0 Å². The number of nitrogens with zero attached hydrogens (tertiary/aromatic N) is 3. The number of likely N-dealkylation sites (N-methyl/N-ethyl adjacent to an activating group) is 1. The van der Waals surface area contributed by atoms with Crippen molar-refractivity contribution in [2.24, 2.45) is 4.99 Å². The Bertz CT molecular complexity index is 205. The molecule has 3 heteroatoms. The van der Waals surface area contributed by atoms with Crippen LogP contribution in [-0.4, -0.2) is 36.8 Å². The molecule has 0 aromatic carbocycles. The maximum atomic E-state index is 4.03. The zero-order valence-electron chi connectivity index (χ0n) is 6.99. The van der Waals surface area contributed by atoms with Crippen LogP contribution < -0.4 is 0 Å². The fourth-order valence-corrected chi connectivity index (χ4v) is 0.846. The quantitative estimate of drug-likeness (QED) is 0.511. The van der Waals surface area contributed by atoms with Crippen LogP contribution in [0.25, 0.3) is 0 Å². The van der Waals surface area contributed by atoms with Gasteiger partial charge in [0.05, 0.1) is 6.34 Å². The summed E-state index contributed by atoms with van der Waals surface area (Å²) in [6.07, 6.45) is 5.53. The highest BCUT2D eigenvalue weighted by atomic mass is 15.3. The summed E-state index contributed by atoms with van der Waals surface area (Å²) < 4.78 is 0. The van der Waals surface area contributed by atoms with Crippen LogP contribution in [0.15, 0.2) is 29.7 Å². The van der Waals surface area contributed by atoms with E-state index in [4.69, 9.17) is 0 Å². The number of hydrogen-bond acceptors (Lipinski definition) is 3. The molecule has 0 aliphatic carbocycles. The van der Waals surface area contributed by atoms with Crippen LogP contribution in [0.4, 0.5) is 0 Å². The Kier molecular flexibility index (Phi) is 2.31. The summed E-state index contributed by atoms with van der Waals surface area (Å²) in [6, 6.07) is 0. The molecule has 0 N–H and O–H groups in total. The van der Waals surface area contributed by atoms with Gasteiger partial charge >= 0.3 is 0 Å². The van der Waals surface area contributed by atoms with E-state index in [0.717, 1.165) is 12.4 Å². The molecule has 1 aliphatic heterocycles. The minimum atomic E-state index is 0.862. The molecule has 0 radical (unpaired) electrons. The summed E-state index contributed by atoms with van der Waals surface area (Å²) in [7, 11) is 3.93. The van der Waals surface area contributed by atoms with Crippen molar-refractivity contribution in [2.45, 2.75) is 0 Å². The van der Waals surface area contributed by atoms with Gasteiger partial charge < -0.3 is 9.80 Å². The summed E-state index contributed by atoms with van der Waals surface area (Å²) in [4.78, 5) is 7.98. The summed E-state index contributed by atoms with van der Waals surface area (Å²) in [5, 5.41) is 0. The summed E-state index contributed by atoms with van der Waals surface area (Å²) in [5.41, 5.74) is 0. The second kappa shape index (κ2) is 3.23. The monoisotopic (exact) mass is 151 g/mol. The standard InChI is InChI=1S/C8H13N3/c1-8-10(2)6-4-5-9-7-11(8)3/h4-5,7H,1,6H2,2-3H3/b5-4-,9-7-. The fourth-order valence-electron chi connectivity index (χ4n) is 0.846. The molecule has 1 rings (SSSR count). The molecule has 1 heterocycles. The number of rotatable bonds is 0.